The third kappa shape index (κ3) is 2.70. The summed E-state index contributed by atoms with van der Waals surface area (Å²) in [7, 11) is 0. The number of hydrogen-bond acceptors (Lipinski definition) is 0. The Hall–Kier alpha value is -1.63. The summed E-state index contributed by atoms with van der Waals surface area (Å²) in [4.78, 5) is 0. The maximum absolute atomic E-state index is 14.2. The molecule has 19 heavy (non-hydrogen) atoms. The third-order valence-corrected chi connectivity index (χ3v) is 3.52. The maximum Gasteiger partial charge on any atom is 0.131 e. The zero-order valence-corrected chi connectivity index (χ0v) is 12.1. The number of benzene rings is 2. The fourth-order valence-electron chi connectivity index (χ4n) is 2.53. The summed E-state index contributed by atoms with van der Waals surface area (Å²) in [5.41, 5.74) is 4.23. The van der Waals surface area contributed by atoms with Crippen molar-refractivity contribution in [3.05, 3.63) is 59.4 Å². The van der Waals surface area contributed by atoms with Gasteiger partial charge in [-0.15, -0.1) is 0 Å². The zero-order chi connectivity index (χ0) is 14.0. The molecule has 0 saturated carbocycles. The third-order valence-electron chi connectivity index (χ3n) is 3.52. The van der Waals surface area contributed by atoms with Crippen LogP contribution in [0.3, 0.4) is 0 Å². The highest BCUT2D eigenvalue weighted by molar-refractivity contribution is 5.73. The summed E-state index contributed by atoms with van der Waals surface area (Å²) in [6.07, 6.45) is 0. The summed E-state index contributed by atoms with van der Waals surface area (Å²) in [6.45, 7) is 8.63. The van der Waals surface area contributed by atoms with Crippen molar-refractivity contribution in [2.24, 2.45) is 0 Å². The topological polar surface area (TPSA) is 0 Å². The molecule has 100 valence electrons. The Morgan fingerprint density at radius 3 is 1.74 bits per heavy atom. The van der Waals surface area contributed by atoms with Crippen LogP contribution >= 0.6 is 0 Å². The first kappa shape index (κ1) is 13.8. The molecule has 0 radical (unpaired) electrons. The lowest BCUT2D eigenvalue weighted by Crippen LogP contribution is -2.01. The van der Waals surface area contributed by atoms with Crippen molar-refractivity contribution in [3.63, 3.8) is 0 Å². The summed E-state index contributed by atoms with van der Waals surface area (Å²) in [5, 5.41) is 0. The molecule has 0 aliphatic rings. The van der Waals surface area contributed by atoms with Crippen LogP contribution in [0, 0.1) is 5.82 Å². The molecule has 0 spiro atoms. The lowest BCUT2D eigenvalue weighted by molar-refractivity contribution is 0.630. The first-order chi connectivity index (χ1) is 9.02. The van der Waals surface area contributed by atoms with Crippen molar-refractivity contribution in [2.75, 3.05) is 0 Å². The SMILES string of the molecule is CC(C)c1cccc(C(C)C)c1-c1ccccc1F. The van der Waals surface area contributed by atoms with E-state index in [0.29, 0.717) is 11.8 Å². The Bertz CT molecular complexity index is 541. The Morgan fingerprint density at radius 2 is 1.26 bits per heavy atom. The van der Waals surface area contributed by atoms with E-state index in [1.807, 2.05) is 12.1 Å². The second-order valence-electron chi connectivity index (χ2n) is 5.60. The predicted molar refractivity (Wildman–Crippen MR) is 80.0 cm³/mol. The fourth-order valence-corrected chi connectivity index (χ4v) is 2.53. The standard InChI is InChI=1S/C18H21F/c1-12(2)14-9-7-10-15(13(3)4)18(14)16-8-5-6-11-17(16)19/h5-13H,1-4H3. The van der Waals surface area contributed by atoms with Crippen molar-refractivity contribution in [2.45, 2.75) is 39.5 Å². The van der Waals surface area contributed by atoms with Gasteiger partial charge in [0.05, 0.1) is 0 Å². The minimum atomic E-state index is -0.141. The highest BCUT2D eigenvalue weighted by Gasteiger charge is 2.17. The largest absolute Gasteiger partial charge is 0.206 e. The van der Waals surface area contributed by atoms with Crippen LogP contribution < -0.4 is 0 Å². The average Bonchev–Trinajstić information content (AvgIpc) is 2.38. The number of rotatable bonds is 3. The summed E-state index contributed by atoms with van der Waals surface area (Å²) >= 11 is 0. The van der Waals surface area contributed by atoms with Gasteiger partial charge in [-0.3, -0.25) is 0 Å². The van der Waals surface area contributed by atoms with Gasteiger partial charge in [-0.1, -0.05) is 64.1 Å². The van der Waals surface area contributed by atoms with Crippen molar-refractivity contribution in [1.82, 2.24) is 0 Å². The van der Waals surface area contributed by atoms with E-state index < -0.39 is 0 Å². The van der Waals surface area contributed by atoms with E-state index in [0.717, 1.165) is 11.1 Å². The van der Waals surface area contributed by atoms with Gasteiger partial charge in [-0.2, -0.15) is 0 Å². The van der Waals surface area contributed by atoms with E-state index in [1.54, 1.807) is 6.07 Å². The smallest absolute Gasteiger partial charge is 0.131 e. The Kier molecular flexibility index (Phi) is 4.04. The minimum Gasteiger partial charge on any atom is -0.206 e. The van der Waals surface area contributed by atoms with Crippen LogP contribution in [0.5, 0.6) is 0 Å². The van der Waals surface area contributed by atoms with Crippen molar-refractivity contribution in [1.29, 1.82) is 0 Å². The van der Waals surface area contributed by atoms with Crippen molar-refractivity contribution >= 4 is 0 Å². The monoisotopic (exact) mass is 256 g/mol. The van der Waals surface area contributed by atoms with Gasteiger partial charge in [0.1, 0.15) is 5.82 Å². The molecule has 0 nitrogen and oxygen atoms in total. The van der Waals surface area contributed by atoms with E-state index >= 15 is 0 Å². The van der Waals surface area contributed by atoms with Crippen LogP contribution in [-0.2, 0) is 0 Å². The molecular formula is C18H21F. The van der Waals surface area contributed by atoms with Crippen LogP contribution in [0.25, 0.3) is 11.1 Å². The quantitative estimate of drug-likeness (QED) is 0.657. The van der Waals surface area contributed by atoms with Gasteiger partial charge < -0.3 is 0 Å². The molecule has 0 bridgehead atoms. The first-order valence-electron chi connectivity index (χ1n) is 6.90. The second kappa shape index (κ2) is 5.56. The molecule has 0 fully saturated rings. The second-order valence-corrected chi connectivity index (χ2v) is 5.60. The highest BCUT2D eigenvalue weighted by atomic mass is 19.1. The van der Waals surface area contributed by atoms with Crippen LogP contribution in [0.15, 0.2) is 42.5 Å². The van der Waals surface area contributed by atoms with Gasteiger partial charge in [0, 0.05) is 5.56 Å². The van der Waals surface area contributed by atoms with Gasteiger partial charge in [0.25, 0.3) is 0 Å². The average molecular weight is 256 g/mol. The summed E-state index contributed by atoms with van der Waals surface area (Å²) in [6, 6.07) is 13.4. The minimum absolute atomic E-state index is 0.141. The van der Waals surface area contributed by atoms with Crippen molar-refractivity contribution < 1.29 is 4.39 Å². The highest BCUT2D eigenvalue weighted by Crippen LogP contribution is 2.37. The van der Waals surface area contributed by atoms with Crippen LogP contribution in [0.1, 0.15) is 50.7 Å². The Balaban J connectivity index is 2.76. The molecule has 2 rings (SSSR count). The first-order valence-corrected chi connectivity index (χ1v) is 6.90. The molecule has 0 heterocycles. The molecule has 2 aromatic carbocycles. The van der Waals surface area contributed by atoms with Gasteiger partial charge in [-0.25, -0.2) is 4.39 Å². The Labute approximate surface area is 115 Å². The molecule has 0 atom stereocenters. The molecule has 0 aliphatic carbocycles. The zero-order valence-electron chi connectivity index (χ0n) is 12.1. The van der Waals surface area contributed by atoms with E-state index in [1.165, 1.54) is 17.2 Å². The molecular weight excluding hydrogens is 235 g/mol. The molecule has 0 amide bonds. The van der Waals surface area contributed by atoms with Gasteiger partial charge >= 0.3 is 0 Å². The fraction of sp³-hybridized carbons (Fsp3) is 0.333. The van der Waals surface area contributed by atoms with Crippen LogP contribution in [0.2, 0.25) is 0 Å². The molecule has 1 heteroatoms. The van der Waals surface area contributed by atoms with Gasteiger partial charge in [0.15, 0.2) is 0 Å². The van der Waals surface area contributed by atoms with Gasteiger partial charge in [0.2, 0.25) is 0 Å². The van der Waals surface area contributed by atoms with Crippen molar-refractivity contribution in [3.8, 4) is 11.1 Å². The molecule has 0 N–H and O–H groups in total. The molecule has 2 aromatic rings. The van der Waals surface area contributed by atoms with Gasteiger partial charge in [-0.05, 0) is 34.6 Å². The maximum atomic E-state index is 14.2. The molecule has 0 saturated heterocycles. The number of halogens is 1. The Morgan fingerprint density at radius 1 is 0.737 bits per heavy atom. The summed E-state index contributed by atoms with van der Waals surface area (Å²) < 4.78 is 14.2. The van der Waals surface area contributed by atoms with E-state index in [4.69, 9.17) is 0 Å². The molecule has 0 unspecified atom stereocenters. The lowest BCUT2D eigenvalue weighted by Gasteiger charge is -2.20. The van der Waals surface area contributed by atoms with E-state index in [-0.39, 0.29) is 5.82 Å². The van der Waals surface area contributed by atoms with E-state index in [9.17, 15) is 4.39 Å². The summed E-state index contributed by atoms with van der Waals surface area (Å²) in [5.74, 6) is 0.624. The van der Waals surface area contributed by atoms with E-state index in [2.05, 4.69) is 45.9 Å². The van der Waals surface area contributed by atoms with Crippen LogP contribution in [-0.4, -0.2) is 0 Å². The lowest BCUT2D eigenvalue weighted by atomic mass is 9.85. The van der Waals surface area contributed by atoms with Crippen LogP contribution in [0.4, 0.5) is 4.39 Å². The molecule has 0 aromatic heterocycles. The number of hydrogen-bond donors (Lipinski definition) is 0. The predicted octanol–water partition coefficient (Wildman–Crippen LogP) is 5.74. The normalized spacial score (nSPS) is 11.3. The molecule has 0 aliphatic heterocycles.